The van der Waals surface area contributed by atoms with Gasteiger partial charge in [0.15, 0.2) is 0 Å². The summed E-state index contributed by atoms with van der Waals surface area (Å²) in [5.41, 5.74) is 7.24. The summed E-state index contributed by atoms with van der Waals surface area (Å²) in [5.74, 6) is 1.16. The molecule has 0 aliphatic rings. The lowest BCUT2D eigenvalue weighted by Crippen LogP contribution is -2.29. The predicted octanol–water partition coefficient (Wildman–Crippen LogP) is 2.51. The largest absolute Gasteiger partial charge is 0.388 e. The smallest absolute Gasteiger partial charge is 0.223 e. The third-order valence-electron chi connectivity index (χ3n) is 3.37. The molecular weight excluding hydrogens is 244 g/mol. The minimum Gasteiger partial charge on any atom is -0.388 e. The molecule has 1 heterocycles. The molecule has 100 valence electrons. The van der Waals surface area contributed by atoms with Crippen LogP contribution >= 0.6 is 12.2 Å². The zero-order valence-corrected chi connectivity index (χ0v) is 12.6. The highest BCUT2D eigenvalue weighted by Crippen LogP contribution is 2.25. The Morgan fingerprint density at radius 1 is 1.44 bits per heavy atom. The molecule has 0 radical (unpaired) electrons. The second-order valence-electron chi connectivity index (χ2n) is 5.58. The number of aryl methyl sites for hydroxylation is 1. The first kappa shape index (κ1) is 14.8. The molecule has 0 aliphatic carbocycles. The van der Waals surface area contributed by atoms with Gasteiger partial charge in [-0.1, -0.05) is 39.9 Å². The van der Waals surface area contributed by atoms with Crippen LogP contribution in [0.4, 0.5) is 5.95 Å². The Kier molecular flexibility index (Phi) is 4.62. The normalized spacial score (nSPS) is 11.7. The Labute approximate surface area is 114 Å². The number of hydrogen-bond donors (Lipinski definition) is 2. The SMILES string of the molecule is Cc1cc(C(N)=S)nc(NCC(C)(C)C(C)C)n1. The van der Waals surface area contributed by atoms with Crippen molar-refractivity contribution in [3.05, 3.63) is 17.5 Å². The predicted molar refractivity (Wildman–Crippen MR) is 79.8 cm³/mol. The molecule has 18 heavy (non-hydrogen) atoms. The van der Waals surface area contributed by atoms with Crippen molar-refractivity contribution in [3.63, 3.8) is 0 Å². The summed E-state index contributed by atoms with van der Waals surface area (Å²) in [6, 6.07) is 1.79. The molecule has 0 saturated heterocycles. The molecule has 0 aliphatic heterocycles. The molecule has 1 aromatic rings. The van der Waals surface area contributed by atoms with Gasteiger partial charge in [-0.15, -0.1) is 0 Å². The molecule has 0 amide bonds. The van der Waals surface area contributed by atoms with Gasteiger partial charge in [0.1, 0.15) is 10.7 Å². The van der Waals surface area contributed by atoms with Gasteiger partial charge < -0.3 is 11.1 Å². The monoisotopic (exact) mass is 266 g/mol. The van der Waals surface area contributed by atoms with Crippen LogP contribution in [0, 0.1) is 18.3 Å². The van der Waals surface area contributed by atoms with E-state index in [2.05, 4.69) is 43.0 Å². The average molecular weight is 266 g/mol. The van der Waals surface area contributed by atoms with Crippen molar-refractivity contribution < 1.29 is 0 Å². The van der Waals surface area contributed by atoms with Gasteiger partial charge in [0.2, 0.25) is 5.95 Å². The second kappa shape index (κ2) is 5.61. The van der Waals surface area contributed by atoms with E-state index in [1.807, 2.05) is 6.92 Å². The van der Waals surface area contributed by atoms with Crippen LogP contribution < -0.4 is 11.1 Å². The number of hydrogen-bond acceptors (Lipinski definition) is 4. The number of nitrogens with zero attached hydrogens (tertiary/aromatic N) is 2. The molecule has 4 nitrogen and oxygen atoms in total. The third-order valence-corrected chi connectivity index (χ3v) is 3.58. The van der Waals surface area contributed by atoms with E-state index in [0.717, 1.165) is 12.2 Å². The zero-order chi connectivity index (χ0) is 13.9. The molecule has 0 saturated carbocycles. The highest BCUT2D eigenvalue weighted by Gasteiger charge is 2.22. The number of anilines is 1. The molecule has 0 fully saturated rings. The standard InChI is InChI=1S/C13H22N4S/c1-8(2)13(4,5)7-15-12-16-9(3)6-10(17-12)11(14)18/h6,8H,7H2,1-5H3,(H2,14,18)(H,15,16,17). The Hall–Kier alpha value is -1.23. The fourth-order valence-electron chi connectivity index (χ4n) is 1.28. The van der Waals surface area contributed by atoms with Crippen molar-refractivity contribution >= 4 is 23.2 Å². The van der Waals surface area contributed by atoms with Crippen molar-refractivity contribution in [3.8, 4) is 0 Å². The highest BCUT2D eigenvalue weighted by molar-refractivity contribution is 7.80. The lowest BCUT2D eigenvalue weighted by atomic mass is 9.81. The van der Waals surface area contributed by atoms with Crippen LogP contribution in [0.3, 0.4) is 0 Å². The van der Waals surface area contributed by atoms with E-state index in [1.54, 1.807) is 6.07 Å². The minimum absolute atomic E-state index is 0.177. The van der Waals surface area contributed by atoms with Crippen molar-refractivity contribution in [2.45, 2.75) is 34.6 Å². The number of nitrogens with one attached hydrogen (secondary N) is 1. The molecule has 0 spiro atoms. The first-order valence-electron chi connectivity index (χ1n) is 6.12. The summed E-state index contributed by atoms with van der Waals surface area (Å²) in [7, 11) is 0. The van der Waals surface area contributed by atoms with Crippen LogP contribution in [0.1, 0.15) is 39.1 Å². The number of nitrogens with two attached hydrogens (primary N) is 1. The summed E-state index contributed by atoms with van der Waals surface area (Å²) < 4.78 is 0. The van der Waals surface area contributed by atoms with Crippen molar-refractivity contribution in [1.29, 1.82) is 0 Å². The van der Waals surface area contributed by atoms with E-state index >= 15 is 0 Å². The van der Waals surface area contributed by atoms with Gasteiger partial charge in [0.05, 0.1) is 0 Å². The lowest BCUT2D eigenvalue weighted by Gasteiger charge is -2.29. The van der Waals surface area contributed by atoms with Gasteiger partial charge in [-0.05, 0) is 24.3 Å². The Morgan fingerprint density at radius 3 is 2.56 bits per heavy atom. The van der Waals surface area contributed by atoms with Crippen LogP contribution in [-0.4, -0.2) is 21.5 Å². The Balaban J connectivity index is 2.83. The summed E-state index contributed by atoms with van der Waals surface area (Å²) in [6.07, 6.45) is 0. The van der Waals surface area contributed by atoms with E-state index in [9.17, 15) is 0 Å². The third kappa shape index (κ3) is 3.91. The molecule has 1 rings (SSSR count). The maximum Gasteiger partial charge on any atom is 0.223 e. The lowest BCUT2D eigenvalue weighted by molar-refractivity contribution is 0.269. The number of aromatic nitrogens is 2. The molecule has 0 atom stereocenters. The average Bonchev–Trinajstić information content (AvgIpc) is 2.25. The topological polar surface area (TPSA) is 63.8 Å². The van der Waals surface area contributed by atoms with Crippen LogP contribution in [0.25, 0.3) is 0 Å². The van der Waals surface area contributed by atoms with Crippen LogP contribution in [0.2, 0.25) is 0 Å². The van der Waals surface area contributed by atoms with Crippen molar-refractivity contribution in [2.75, 3.05) is 11.9 Å². The molecule has 3 N–H and O–H groups in total. The summed E-state index contributed by atoms with van der Waals surface area (Å²) >= 11 is 4.94. The molecule has 0 unspecified atom stereocenters. The second-order valence-corrected chi connectivity index (χ2v) is 6.02. The van der Waals surface area contributed by atoms with E-state index in [4.69, 9.17) is 18.0 Å². The van der Waals surface area contributed by atoms with Gasteiger partial charge >= 0.3 is 0 Å². The quantitative estimate of drug-likeness (QED) is 0.802. The van der Waals surface area contributed by atoms with E-state index in [-0.39, 0.29) is 5.41 Å². The summed E-state index contributed by atoms with van der Waals surface area (Å²) in [4.78, 5) is 8.95. The van der Waals surface area contributed by atoms with Gasteiger partial charge in [0, 0.05) is 12.2 Å². The fourth-order valence-corrected chi connectivity index (χ4v) is 1.39. The Bertz CT molecular complexity index is 441. The summed E-state index contributed by atoms with van der Waals surface area (Å²) in [5, 5.41) is 3.26. The van der Waals surface area contributed by atoms with Crippen molar-refractivity contribution in [2.24, 2.45) is 17.1 Å². The maximum atomic E-state index is 5.60. The van der Waals surface area contributed by atoms with Gasteiger partial charge in [-0.2, -0.15) is 0 Å². The van der Waals surface area contributed by atoms with Crippen molar-refractivity contribution in [1.82, 2.24) is 9.97 Å². The van der Waals surface area contributed by atoms with Crippen LogP contribution in [0.15, 0.2) is 6.07 Å². The summed E-state index contributed by atoms with van der Waals surface area (Å²) in [6.45, 7) is 11.6. The molecule has 5 heteroatoms. The first-order chi connectivity index (χ1) is 8.22. The Morgan fingerprint density at radius 2 is 2.06 bits per heavy atom. The molecule has 0 bridgehead atoms. The van der Waals surface area contributed by atoms with Gasteiger partial charge in [-0.3, -0.25) is 0 Å². The number of thiocarbonyl (C=S) groups is 1. The van der Waals surface area contributed by atoms with E-state index in [0.29, 0.717) is 22.5 Å². The van der Waals surface area contributed by atoms with Crippen LogP contribution in [-0.2, 0) is 0 Å². The minimum atomic E-state index is 0.177. The van der Waals surface area contributed by atoms with E-state index in [1.165, 1.54) is 0 Å². The van der Waals surface area contributed by atoms with Gasteiger partial charge in [-0.25, -0.2) is 9.97 Å². The highest BCUT2D eigenvalue weighted by atomic mass is 32.1. The zero-order valence-electron chi connectivity index (χ0n) is 11.7. The number of rotatable bonds is 5. The molecule has 1 aromatic heterocycles. The van der Waals surface area contributed by atoms with E-state index < -0.39 is 0 Å². The fraction of sp³-hybridized carbons (Fsp3) is 0.615. The molecule has 0 aromatic carbocycles. The molecular formula is C13H22N4S. The first-order valence-corrected chi connectivity index (χ1v) is 6.52. The maximum absolute atomic E-state index is 5.60. The van der Waals surface area contributed by atoms with Gasteiger partial charge in [0.25, 0.3) is 0 Å². The van der Waals surface area contributed by atoms with Crippen LogP contribution in [0.5, 0.6) is 0 Å².